The van der Waals surface area contributed by atoms with Crippen LogP contribution in [-0.2, 0) is 21.2 Å². The highest BCUT2D eigenvalue weighted by molar-refractivity contribution is 7.89. The molecule has 0 bridgehead atoms. The number of nitrogens with one attached hydrogen (secondary N) is 2. The molecule has 2 aromatic carbocycles. The molecule has 0 aliphatic rings. The average molecular weight is 378 g/mol. The number of hydrogen-bond donors (Lipinski definition) is 2. The van der Waals surface area contributed by atoms with Crippen LogP contribution < -0.4 is 19.5 Å². The van der Waals surface area contributed by atoms with Gasteiger partial charge < -0.3 is 14.8 Å². The van der Waals surface area contributed by atoms with Crippen LogP contribution >= 0.6 is 0 Å². The average Bonchev–Trinajstić information content (AvgIpc) is 2.66. The van der Waals surface area contributed by atoms with Gasteiger partial charge in [0.25, 0.3) is 0 Å². The Hall–Kier alpha value is -2.58. The molecule has 7 nitrogen and oxygen atoms in total. The number of methoxy groups -OCH3 is 2. The fraction of sp³-hybridized carbons (Fsp3) is 0.278. The minimum atomic E-state index is -3.75. The quantitative estimate of drug-likeness (QED) is 0.734. The Labute approximate surface area is 153 Å². The van der Waals surface area contributed by atoms with Gasteiger partial charge in [-0.3, -0.25) is 4.79 Å². The fourth-order valence-electron chi connectivity index (χ4n) is 2.27. The predicted octanol–water partition coefficient (Wildman–Crippen LogP) is 2.18. The van der Waals surface area contributed by atoms with Crippen molar-refractivity contribution in [3.63, 3.8) is 0 Å². The highest BCUT2D eigenvalue weighted by atomic mass is 32.2. The van der Waals surface area contributed by atoms with Crippen LogP contribution in [0.5, 0.6) is 11.5 Å². The highest BCUT2D eigenvalue weighted by Crippen LogP contribution is 2.29. The number of carbonyl (C=O) groups is 1. The van der Waals surface area contributed by atoms with Crippen molar-refractivity contribution in [2.45, 2.75) is 18.2 Å². The summed E-state index contributed by atoms with van der Waals surface area (Å²) in [7, 11) is -0.752. The van der Waals surface area contributed by atoms with E-state index in [4.69, 9.17) is 9.47 Å². The summed E-state index contributed by atoms with van der Waals surface area (Å²) in [5.41, 5.74) is 1.51. The topological polar surface area (TPSA) is 93.7 Å². The first-order chi connectivity index (χ1) is 12.4. The zero-order valence-corrected chi connectivity index (χ0v) is 15.7. The molecule has 140 valence electrons. The molecular formula is C18H22N2O5S. The summed E-state index contributed by atoms with van der Waals surface area (Å²) < 4.78 is 37.1. The van der Waals surface area contributed by atoms with Crippen LogP contribution in [0.15, 0.2) is 47.4 Å². The standard InChI is InChI=1S/C18H22N2O5S/c1-4-13-5-8-15(9-6-13)26(22,23)19-12-18(21)20-14-7-10-16(24-2)17(11-14)25-3/h5-11,19H,4,12H2,1-3H3,(H,20,21). The van der Waals surface area contributed by atoms with Crippen molar-refractivity contribution in [1.82, 2.24) is 4.72 Å². The Bertz CT molecular complexity index is 864. The number of rotatable bonds is 8. The molecule has 2 N–H and O–H groups in total. The maximum Gasteiger partial charge on any atom is 0.241 e. The number of benzene rings is 2. The summed E-state index contributed by atoms with van der Waals surface area (Å²) in [4.78, 5) is 12.2. The minimum absolute atomic E-state index is 0.119. The van der Waals surface area contributed by atoms with E-state index in [9.17, 15) is 13.2 Å². The van der Waals surface area contributed by atoms with E-state index in [0.717, 1.165) is 12.0 Å². The van der Waals surface area contributed by atoms with Crippen molar-refractivity contribution in [1.29, 1.82) is 0 Å². The molecular weight excluding hydrogens is 356 g/mol. The zero-order valence-electron chi connectivity index (χ0n) is 14.9. The predicted molar refractivity (Wildman–Crippen MR) is 99.2 cm³/mol. The molecule has 0 unspecified atom stereocenters. The van der Waals surface area contributed by atoms with Gasteiger partial charge in [-0.2, -0.15) is 0 Å². The fourth-order valence-corrected chi connectivity index (χ4v) is 3.25. The molecule has 2 rings (SSSR count). The molecule has 2 aromatic rings. The normalized spacial score (nSPS) is 11.0. The molecule has 0 aliphatic heterocycles. The molecule has 8 heteroatoms. The molecule has 0 atom stereocenters. The van der Waals surface area contributed by atoms with Crippen LogP contribution in [-0.4, -0.2) is 35.1 Å². The number of hydrogen-bond acceptors (Lipinski definition) is 5. The summed E-state index contributed by atoms with van der Waals surface area (Å²) in [6.45, 7) is 1.60. The third-order valence-electron chi connectivity index (χ3n) is 3.73. The largest absolute Gasteiger partial charge is 0.493 e. The molecule has 0 saturated heterocycles. The van der Waals surface area contributed by atoms with Crippen LogP contribution in [0.4, 0.5) is 5.69 Å². The van der Waals surface area contributed by atoms with E-state index in [0.29, 0.717) is 17.2 Å². The van der Waals surface area contributed by atoms with Crippen molar-refractivity contribution < 1.29 is 22.7 Å². The van der Waals surface area contributed by atoms with Crippen LogP contribution in [0.3, 0.4) is 0 Å². The first-order valence-electron chi connectivity index (χ1n) is 8.00. The Morgan fingerprint density at radius 2 is 1.65 bits per heavy atom. The lowest BCUT2D eigenvalue weighted by Crippen LogP contribution is -2.32. The number of amides is 1. The second kappa shape index (κ2) is 8.68. The van der Waals surface area contributed by atoms with Gasteiger partial charge in [-0.05, 0) is 36.2 Å². The van der Waals surface area contributed by atoms with Crippen molar-refractivity contribution >= 4 is 21.6 Å². The van der Waals surface area contributed by atoms with Crippen molar-refractivity contribution in [3.05, 3.63) is 48.0 Å². The summed E-state index contributed by atoms with van der Waals surface area (Å²) in [5, 5.41) is 2.61. The van der Waals surface area contributed by atoms with E-state index >= 15 is 0 Å². The Balaban J connectivity index is 1.99. The third kappa shape index (κ3) is 4.96. The van der Waals surface area contributed by atoms with Crippen LogP contribution in [0, 0.1) is 0 Å². The van der Waals surface area contributed by atoms with E-state index in [2.05, 4.69) is 10.0 Å². The maximum absolute atomic E-state index is 12.2. The van der Waals surface area contributed by atoms with E-state index < -0.39 is 15.9 Å². The first kappa shape index (κ1) is 19.7. The third-order valence-corrected chi connectivity index (χ3v) is 5.15. The Kier molecular flexibility index (Phi) is 6.59. The summed E-state index contributed by atoms with van der Waals surface area (Å²) in [6, 6.07) is 11.4. The number of aryl methyl sites for hydroxylation is 1. The van der Waals surface area contributed by atoms with E-state index in [1.807, 2.05) is 6.92 Å². The van der Waals surface area contributed by atoms with Crippen LogP contribution in [0.1, 0.15) is 12.5 Å². The molecule has 0 saturated carbocycles. The van der Waals surface area contributed by atoms with Crippen molar-refractivity contribution in [2.24, 2.45) is 0 Å². The van der Waals surface area contributed by atoms with E-state index in [1.54, 1.807) is 30.3 Å². The van der Waals surface area contributed by atoms with Gasteiger partial charge in [0.05, 0.1) is 25.7 Å². The minimum Gasteiger partial charge on any atom is -0.493 e. The lowest BCUT2D eigenvalue weighted by atomic mass is 10.2. The summed E-state index contributed by atoms with van der Waals surface area (Å²) >= 11 is 0. The second-order valence-corrected chi connectivity index (χ2v) is 7.21. The van der Waals surface area contributed by atoms with Gasteiger partial charge in [0, 0.05) is 11.8 Å². The number of ether oxygens (including phenoxy) is 2. The van der Waals surface area contributed by atoms with Gasteiger partial charge in [0.1, 0.15) is 0 Å². The summed E-state index contributed by atoms with van der Waals surface area (Å²) in [6.07, 6.45) is 0.821. The van der Waals surface area contributed by atoms with Crippen LogP contribution in [0.2, 0.25) is 0 Å². The maximum atomic E-state index is 12.2. The SMILES string of the molecule is CCc1ccc(S(=O)(=O)NCC(=O)Nc2ccc(OC)c(OC)c2)cc1. The number of carbonyl (C=O) groups excluding carboxylic acids is 1. The number of sulfonamides is 1. The van der Waals surface area contributed by atoms with E-state index in [1.165, 1.54) is 26.4 Å². The molecule has 0 spiro atoms. The smallest absolute Gasteiger partial charge is 0.241 e. The van der Waals surface area contributed by atoms with Gasteiger partial charge >= 0.3 is 0 Å². The molecule has 1 amide bonds. The second-order valence-electron chi connectivity index (χ2n) is 5.44. The molecule has 0 heterocycles. The Morgan fingerprint density at radius 3 is 2.23 bits per heavy atom. The van der Waals surface area contributed by atoms with Gasteiger partial charge in [0.2, 0.25) is 15.9 Å². The highest BCUT2D eigenvalue weighted by Gasteiger charge is 2.16. The van der Waals surface area contributed by atoms with Crippen molar-refractivity contribution in [2.75, 3.05) is 26.1 Å². The lowest BCUT2D eigenvalue weighted by molar-refractivity contribution is -0.115. The number of anilines is 1. The van der Waals surface area contributed by atoms with E-state index in [-0.39, 0.29) is 11.4 Å². The molecule has 26 heavy (non-hydrogen) atoms. The van der Waals surface area contributed by atoms with Gasteiger partial charge in [-0.15, -0.1) is 0 Å². The van der Waals surface area contributed by atoms with Crippen molar-refractivity contribution in [3.8, 4) is 11.5 Å². The molecule has 0 aliphatic carbocycles. The Morgan fingerprint density at radius 1 is 1.00 bits per heavy atom. The molecule has 0 aromatic heterocycles. The summed E-state index contributed by atoms with van der Waals surface area (Å²) in [5.74, 6) is 0.495. The first-order valence-corrected chi connectivity index (χ1v) is 9.48. The molecule has 0 radical (unpaired) electrons. The zero-order chi connectivity index (χ0) is 19.2. The van der Waals surface area contributed by atoms with Crippen LogP contribution in [0.25, 0.3) is 0 Å². The monoisotopic (exact) mass is 378 g/mol. The lowest BCUT2D eigenvalue weighted by Gasteiger charge is -2.11. The van der Waals surface area contributed by atoms with Gasteiger partial charge in [0.15, 0.2) is 11.5 Å². The van der Waals surface area contributed by atoms with Gasteiger partial charge in [-0.25, -0.2) is 13.1 Å². The molecule has 0 fully saturated rings. The van der Waals surface area contributed by atoms with Gasteiger partial charge in [-0.1, -0.05) is 19.1 Å².